The van der Waals surface area contributed by atoms with Crippen molar-refractivity contribution in [2.75, 3.05) is 5.32 Å². The minimum atomic E-state index is -1.27. The standard InChI is InChI=1S/C19H17N3O4S/c1-11-3-2-4-14(9-11)20-16(23)10-15-17(24)22-19(27-15)21-13-7-5-12(6-8-13)18(25)26/h2-9,15H,10H2,1H3,(H,20,23)(H,25,26)(H,21,22,24)/p-1/t15-/m1/s1. The Hall–Kier alpha value is -3.13. The molecule has 0 aromatic heterocycles. The SMILES string of the molecule is Cc1cccc(NC(=O)C[C@H]2SC(=Nc3ccc(C(=O)[O-])cc3)NC2=O)c1. The highest BCUT2D eigenvalue weighted by Gasteiger charge is 2.32. The van der Waals surface area contributed by atoms with Crippen LogP contribution in [0.25, 0.3) is 0 Å². The highest BCUT2D eigenvalue weighted by Crippen LogP contribution is 2.25. The van der Waals surface area contributed by atoms with Gasteiger partial charge in [-0.15, -0.1) is 0 Å². The fourth-order valence-electron chi connectivity index (χ4n) is 2.48. The van der Waals surface area contributed by atoms with Crippen molar-refractivity contribution >= 4 is 46.1 Å². The van der Waals surface area contributed by atoms with Crippen LogP contribution in [0, 0.1) is 6.92 Å². The summed E-state index contributed by atoms with van der Waals surface area (Å²) in [6, 6.07) is 13.2. The van der Waals surface area contributed by atoms with E-state index in [1.165, 1.54) is 36.0 Å². The van der Waals surface area contributed by atoms with Gasteiger partial charge in [0.15, 0.2) is 5.17 Å². The topological polar surface area (TPSA) is 111 Å². The van der Waals surface area contributed by atoms with Crippen LogP contribution >= 0.6 is 11.8 Å². The molecule has 27 heavy (non-hydrogen) atoms. The van der Waals surface area contributed by atoms with Crippen LogP contribution in [-0.2, 0) is 9.59 Å². The number of hydrogen-bond donors (Lipinski definition) is 2. The molecular weight excluding hydrogens is 366 g/mol. The predicted octanol–water partition coefficient (Wildman–Crippen LogP) is 1.61. The Morgan fingerprint density at radius 2 is 1.96 bits per heavy atom. The average Bonchev–Trinajstić information content (AvgIpc) is 2.94. The second kappa shape index (κ2) is 8.05. The van der Waals surface area contributed by atoms with E-state index in [1.54, 1.807) is 6.07 Å². The van der Waals surface area contributed by atoms with E-state index in [1.807, 2.05) is 25.1 Å². The third-order valence-electron chi connectivity index (χ3n) is 3.78. The van der Waals surface area contributed by atoms with Gasteiger partial charge in [0, 0.05) is 12.1 Å². The predicted molar refractivity (Wildman–Crippen MR) is 102 cm³/mol. The number of hydrogen-bond acceptors (Lipinski definition) is 6. The maximum atomic E-state index is 12.2. The van der Waals surface area contributed by atoms with Crippen LogP contribution in [-0.4, -0.2) is 28.2 Å². The van der Waals surface area contributed by atoms with Crippen molar-refractivity contribution in [2.24, 2.45) is 4.99 Å². The number of anilines is 1. The molecule has 2 amide bonds. The number of carboxylic acids is 1. The van der Waals surface area contributed by atoms with Gasteiger partial charge in [-0.2, -0.15) is 0 Å². The van der Waals surface area contributed by atoms with Gasteiger partial charge in [0.1, 0.15) is 5.25 Å². The van der Waals surface area contributed by atoms with E-state index in [0.717, 1.165) is 5.56 Å². The molecule has 0 spiro atoms. The first-order chi connectivity index (χ1) is 12.9. The number of amidine groups is 1. The molecular formula is C19H16N3O4S-. The number of aliphatic imine (C=N–C) groups is 1. The van der Waals surface area contributed by atoms with E-state index in [4.69, 9.17) is 0 Å². The van der Waals surface area contributed by atoms with E-state index in [2.05, 4.69) is 15.6 Å². The number of aryl methyl sites for hydroxylation is 1. The Bertz CT molecular complexity index is 925. The van der Waals surface area contributed by atoms with Crippen LogP contribution in [0.3, 0.4) is 0 Å². The van der Waals surface area contributed by atoms with Crippen molar-refractivity contribution in [3.05, 3.63) is 59.7 Å². The summed E-state index contributed by atoms with van der Waals surface area (Å²) >= 11 is 1.17. The summed E-state index contributed by atoms with van der Waals surface area (Å²) in [4.78, 5) is 39.3. The zero-order valence-electron chi connectivity index (χ0n) is 14.4. The Kier molecular flexibility index (Phi) is 5.56. The van der Waals surface area contributed by atoms with Gasteiger partial charge in [0.05, 0.1) is 11.7 Å². The number of nitrogens with one attached hydrogen (secondary N) is 2. The minimum absolute atomic E-state index is 0.0209. The van der Waals surface area contributed by atoms with Gasteiger partial charge in [-0.1, -0.05) is 36.0 Å². The Morgan fingerprint density at radius 3 is 2.63 bits per heavy atom. The molecule has 2 aromatic rings. The third kappa shape index (κ3) is 4.95. The number of nitrogens with zero attached hydrogens (tertiary/aromatic N) is 1. The number of benzene rings is 2. The molecule has 0 bridgehead atoms. The number of rotatable bonds is 5. The van der Waals surface area contributed by atoms with Crippen LogP contribution < -0.4 is 15.7 Å². The summed E-state index contributed by atoms with van der Waals surface area (Å²) in [6.07, 6.45) is 0.0209. The van der Waals surface area contributed by atoms with Gasteiger partial charge >= 0.3 is 0 Å². The molecule has 0 radical (unpaired) electrons. The molecule has 1 saturated heterocycles. The molecule has 1 aliphatic heterocycles. The monoisotopic (exact) mass is 382 g/mol. The molecule has 1 aliphatic rings. The molecule has 1 fully saturated rings. The smallest absolute Gasteiger partial charge is 0.240 e. The second-order valence-corrected chi connectivity index (χ2v) is 7.16. The number of carboxylic acid groups (broad SMARTS) is 1. The van der Waals surface area contributed by atoms with Crippen molar-refractivity contribution in [3.8, 4) is 0 Å². The first-order valence-corrected chi connectivity index (χ1v) is 9.03. The molecule has 8 heteroatoms. The van der Waals surface area contributed by atoms with E-state index in [9.17, 15) is 19.5 Å². The summed E-state index contributed by atoms with van der Waals surface area (Å²) in [5.41, 5.74) is 2.26. The lowest BCUT2D eigenvalue weighted by Gasteiger charge is -2.08. The van der Waals surface area contributed by atoms with E-state index in [-0.39, 0.29) is 23.8 Å². The molecule has 2 aromatic carbocycles. The van der Waals surface area contributed by atoms with Gasteiger partial charge in [-0.05, 0) is 42.3 Å². The van der Waals surface area contributed by atoms with Crippen molar-refractivity contribution in [2.45, 2.75) is 18.6 Å². The van der Waals surface area contributed by atoms with Gasteiger partial charge in [0.25, 0.3) is 0 Å². The number of carbonyl (C=O) groups excluding carboxylic acids is 3. The van der Waals surface area contributed by atoms with Crippen LogP contribution in [0.15, 0.2) is 53.5 Å². The number of aromatic carboxylic acids is 1. The van der Waals surface area contributed by atoms with Crippen molar-refractivity contribution in [1.29, 1.82) is 0 Å². The molecule has 0 unspecified atom stereocenters. The second-order valence-electron chi connectivity index (χ2n) is 5.97. The number of carbonyl (C=O) groups is 3. The zero-order chi connectivity index (χ0) is 19.4. The van der Waals surface area contributed by atoms with Crippen molar-refractivity contribution in [3.63, 3.8) is 0 Å². The summed E-state index contributed by atoms with van der Waals surface area (Å²) in [5.74, 6) is -1.81. The fraction of sp³-hybridized carbons (Fsp3) is 0.158. The first kappa shape index (κ1) is 18.7. The van der Waals surface area contributed by atoms with Crippen LogP contribution in [0.1, 0.15) is 22.3 Å². The van der Waals surface area contributed by atoms with Crippen LogP contribution in [0.2, 0.25) is 0 Å². The molecule has 3 rings (SSSR count). The van der Waals surface area contributed by atoms with E-state index >= 15 is 0 Å². The molecule has 7 nitrogen and oxygen atoms in total. The quantitative estimate of drug-likeness (QED) is 0.816. The Labute approximate surface area is 159 Å². The lowest BCUT2D eigenvalue weighted by atomic mass is 10.2. The minimum Gasteiger partial charge on any atom is -0.545 e. The lowest BCUT2D eigenvalue weighted by molar-refractivity contribution is -0.255. The van der Waals surface area contributed by atoms with Crippen molar-refractivity contribution < 1.29 is 19.5 Å². The molecule has 1 heterocycles. The van der Waals surface area contributed by atoms with E-state index in [0.29, 0.717) is 16.5 Å². The Balaban J connectivity index is 1.61. The molecule has 138 valence electrons. The largest absolute Gasteiger partial charge is 0.545 e. The normalized spacial score (nSPS) is 17.6. The summed E-state index contributed by atoms with van der Waals surface area (Å²) in [7, 11) is 0. The molecule has 2 N–H and O–H groups in total. The van der Waals surface area contributed by atoms with E-state index < -0.39 is 11.2 Å². The van der Waals surface area contributed by atoms with Crippen LogP contribution in [0.5, 0.6) is 0 Å². The van der Waals surface area contributed by atoms with Crippen molar-refractivity contribution in [1.82, 2.24) is 5.32 Å². The summed E-state index contributed by atoms with van der Waals surface area (Å²) < 4.78 is 0. The highest BCUT2D eigenvalue weighted by atomic mass is 32.2. The van der Waals surface area contributed by atoms with Gasteiger partial charge in [0.2, 0.25) is 11.8 Å². The maximum absolute atomic E-state index is 12.2. The van der Waals surface area contributed by atoms with Gasteiger partial charge in [-0.25, -0.2) is 4.99 Å². The molecule has 0 saturated carbocycles. The average molecular weight is 382 g/mol. The first-order valence-electron chi connectivity index (χ1n) is 8.15. The third-order valence-corrected chi connectivity index (χ3v) is 4.86. The molecule has 0 aliphatic carbocycles. The Morgan fingerprint density at radius 1 is 1.22 bits per heavy atom. The van der Waals surface area contributed by atoms with Gasteiger partial charge in [-0.3, -0.25) is 9.59 Å². The van der Waals surface area contributed by atoms with Gasteiger partial charge < -0.3 is 20.5 Å². The fourth-order valence-corrected chi connectivity index (χ4v) is 3.47. The summed E-state index contributed by atoms with van der Waals surface area (Å²) in [5, 5.41) is 16.0. The summed E-state index contributed by atoms with van der Waals surface area (Å²) in [6.45, 7) is 1.93. The lowest BCUT2D eigenvalue weighted by Crippen LogP contribution is -2.28. The number of amides is 2. The number of thioether (sulfide) groups is 1. The van der Waals surface area contributed by atoms with Crippen LogP contribution in [0.4, 0.5) is 11.4 Å². The highest BCUT2D eigenvalue weighted by molar-refractivity contribution is 8.15. The molecule has 1 atom stereocenters. The zero-order valence-corrected chi connectivity index (χ0v) is 15.2. The maximum Gasteiger partial charge on any atom is 0.240 e.